The van der Waals surface area contributed by atoms with Crippen molar-refractivity contribution < 1.29 is 35.7 Å². The molecule has 1 aromatic heterocycles. The predicted octanol–water partition coefficient (Wildman–Crippen LogP) is 8.80. The Labute approximate surface area is 327 Å². The molecule has 6 aromatic rings. The maximum absolute atomic E-state index is 14.5. The molecule has 5 aromatic carbocycles. The van der Waals surface area contributed by atoms with Crippen molar-refractivity contribution in [2.75, 3.05) is 5.32 Å². The summed E-state index contributed by atoms with van der Waals surface area (Å²) >= 11 is -0.750. The number of ether oxygens (including phenoxy) is 1. The largest absolute Gasteiger partial charge is 0.455 e. The number of anilines is 2. The van der Waals surface area contributed by atoms with Gasteiger partial charge in [-0.3, -0.25) is 18.9 Å². The molecule has 1 aliphatic carbocycles. The minimum atomic E-state index is -4.44. The first-order chi connectivity index (χ1) is 26.4. The van der Waals surface area contributed by atoms with E-state index in [-0.39, 0.29) is 43.9 Å². The Hall–Kier alpha value is -6.02. The average Bonchev–Trinajstić information content (AvgIpc) is 3.14. The monoisotopic (exact) mass is 790 g/mol. The predicted molar refractivity (Wildman–Crippen MR) is 215 cm³/mol. The summed E-state index contributed by atoms with van der Waals surface area (Å²) < 4.78 is 56.1. The van der Waals surface area contributed by atoms with Crippen LogP contribution < -0.4 is 15.6 Å². The molecule has 0 fully saturated rings. The van der Waals surface area contributed by atoms with Crippen LogP contribution in [0.3, 0.4) is 0 Å². The van der Waals surface area contributed by atoms with Crippen LogP contribution in [0.2, 0.25) is 0 Å². The number of ketones is 2. The van der Waals surface area contributed by atoms with Gasteiger partial charge in [-0.2, -0.15) is 16.8 Å². The van der Waals surface area contributed by atoms with E-state index in [4.69, 9.17) is 13.2 Å². The van der Waals surface area contributed by atoms with E-state index in [2.05, 4.69) is 44.9 Å². The van der Waals surface area contributed by atoms with E-state index in [0.717, 1.165) is 12.0 Å². The molecule has 1 aliphatic rings. The fourth-order valence-electron chi connectivity index (χ4n) is 7.51. The third-order valence-corrected chi connectivity index (χ3v) is 10.3. The Kier molecular flexibility index (Phi) is 10.8. The van der Waals surface area contributed by atoms with Crippen LogP contribution in [0, 0.1) is 5.41 Å². The summed E-state index contributed by atoms with van der Waals surface area (Å²) in [6.45, 7) is 11.0. The summed E-state index contributed by atoms with van der Waals surface area (Å²) in [5.41, 5.74) is 2.86. The van der Waals surface area contributed by atoms with Crippen LogP contribution >= 0.6 is 0 Å². The first-order valence-electron chi connectivity index (χ1n) is 17.5. The van der Waals surface area contributed by atoms with Gasteiger partial charge in [0.1, 0.15) is 5.75 Å². The van der Waals surface area contributed by atoms with Crippen molar-refractivity contribution in [3.63, 3.8) is 0 Å². The van der Waals surface area contributed by atoms with Gasteiger partial charge in [-0.15, -0.1) is 0 Å². The van der Waals surface area contributed by atoms with E-state index in [1.54, 1.807) is 60.7 Å². The smallest absolute Gasteiger partial charge is 0.335 e. The molecule has 1 heterocycles. The second-order valence-corrected chi connectivity index (χ2v) is 16.8. The lowest BCUT2D eigenvalue weighted by molar-refractivity contribution is 0.102. The third kappa shape index (κ3) is 8.01. The summed E-state index contributed by atoms with van der Waals surface area (Å²) in [4.78, 5) is 45.3. The number of nitrogens with one attached hydrogen (secondary N) is 2. The lowest BCUT2D eigenvalue weighted by atomic mass is 9.72. The molecule has 0 radical (unpaired) electrons. The standard InChI is InChI=1S/C43H38N2O7S.O2S/c1-42(2,3)24-43(4,5)26-15-19-28(20-16-26)52-33-23-32(44-27-17-21-29(22-18-27)53(49,50)51)35-36-34(30-13-9-10-14-31(30)40(35)47)37(41(48)45-38(33)36)39(46)25-11-7-6-8-12-25;1-3-2/h6-23,44H,24H2,1-5H3,(H,45,48)(H,49,50,51);. The second-order valence-electron chi connectivity index (χ2n) is 15.3. The van der Waals surface area contributed by atoms with E-state index >= 15 is 0 Å². The van der Waals surface area contributed by atoms with Crippen LogP contribution in [0.4, 0.5) is 11.4 Å². The van der Waals surface area contributed by atoms with Crippen molar-refractivity contribution in [3.8, 4) is 22.6 Å². The molecule has 56 heavy (non-hydrogen) atoms. The van der Waals surface area contributed by atoms with E-state index in [0.29, 0.717) is 44.8 Å². The number of H-pyrrole nitrogens is 1. The zero-order valence-electron chi connectivity index (χ0n) is 31.1. The van der Waals surface area contributed by atoms with E-state index in [9.17, 15) is 27.4 Å². The van der Waals surface area contributed by atoms with Gasteiger partial charge in [0.2, 0.25) is 0 Å². The highest BCUT2D eigenvalue weighted by atomic mass is 32.2. The SMILES string of the molecule is CC(C)(C)CC(C)(C)c1ccc(Oc2cc(Nc3ccc(S(=O)(=O)O)cc3)c3c4c(c(C(=O)c5ccccc5)c(=O)[nH]c24)-c2ccccc2C3=O)cc1.O=S=O. The number of benzene rings is 5. The van der Waals surface area contributed by atoms with Gasteiger partial charge in [0.25, 0.3) is 15.7 Å². The molecule has 0 unspecified atom stereocenters. The van der Waals surface area contributed by atoms with Crippen molar-refractivity contribution in [1.82, 2.24) is 4.98 Å². The molecule has 0 bridgehead atoms. The molecule has 0 amide bonds. The molecule has 0 saturated heterocycles. The zero-order valence-corrected chi connectivity index (χ0v) is 32.8. The van der Waals surface area contributed by atoms with Crippen molar-refractivity contribution in [2.24, 2.45) is 5.41 Å². The molecular weight excluding hydrogens is 753 g/mol. The maximum Gasteiger partial charge on any atom is 0.335 e. The Morgan fingerprint density at radius 2 is 1.39 bits per heavy atom. The quantitative estimate of drug-likeness (QED) is 0.0946. The van der Waals surface area contributed by atoms with Crippen molar-refractivity contribution >= 4 is 55.5 Å². The number of aromatic nitrogens is 1. The number of carbonyl (C=O) groups excluding carboxylic acids is 2. The van der Waals surface area contributed by atoms with Crippen LogP contribution in [-0.4, -0.2) is 37.9 Å². The Morgan fingerprint density at radius 1 is 0.804 bits per heavy atom. The van der Waals surface area contributed by atoms with E-state index in [1.807, 2.05) is 24.3 Å². The Morgan fingerprint density at radius 3 is 1.98 bits per heavy atom. The van der Waals surface area contributed by atoms with Gasteiger partial charge in [0.05, 0.1) is 27.2 Å². The highest BCUT2D eigenvalue weighted by molar-refractivity contribution is 7.85. The molecule has 0 aliphatic heterocycles. The molecule has 286 valence electrons. The fraction of sp³-hybridized carbons (Fsp3) is 0.186. The number of aromatic amines is 1. The minimum Gasteiger partial charge on any atom is -0.455 e. The highest BCUT2D eigenvalue weighted by Crippen LogP contribution is 2.47. The summed E-state index contributed by atoms with van der Waals surface area (Å²) in [7, 11) is -4.44. The summed E-state index contributed by atoms with van der Waals surface area (Å²) in [5.74, 6) is -0.161. The van der Waals surface area contributed by atoms with Crippen molar-refractivity contribution in [3.05, 3.63) is 147 Å². The second kappa shape index (κ2) is 15.3. The highest BCUT2D eigenvalue weighted by Gasteiger charge is 2.35. The van der Waals surface area contributed by atoms with Crippen LogP contribution in [0.5, 0.6) is 11.5 Å². The Bertz CT molecular complexity index is 2710. The van der Waals surface area contributed by atoms with Crippen LogP contribution in [-0.2, 0) is 27.1 Å². The molecule has 0 atom stereocenters. The van der Waals surface area contributed by atoms with Gasteiger partial charge < -0.3 is 15.0 Å². The molecule has 0 spiro atoms. The average molecular weight is 791 g/mol. The third-order valence-electron chi connectivity index (χ3n) is 9.45. The van der Waals surface area contributed by atoms with Gasteiger partial charge in [-0.1, -0.05) is 101 Å². The fourth-order valence-corrected chi connectivity index (χ4v) is 7.99. The topological polar surface area (TPSA) is 177 Å². The van der Waals surface area contributed by atoms with Crippen LogP contribution in [0.15, 0.2) is 119 Å². The molecule has 13 heteroatoms. The van der Waals surface area contributed by atoms with Gasteiger partial charge in [0.15, 0.2) is 17.3 Å². The maximum atomic E-state index is 14.5. The van der Waals surface area contributed by atoms with Crippen LogP contribution in [0.1, 0.15) is 78.4 Å². The molecule has 7 rings (SSSR count). The number of rotatable bonds is 9. The number of pyridine rings is 1. The normalized spacial score (nSPS) is 12.3. The molecule has 11 nitrogen and oxygen atoms in total. The first-order valence-corrected chi connectivity index (χ1v) is 19.6. The first kappa shape index (κ1) is 39.7. The number of fused-ring (bicyclic) bond motifs is 2. The van der Waals surface area contributed by atoms with Crippen molar-refractivity contribution in [1.29, 1.82) is 0 Å². The molecular formula is C43H38N2O9S2. The summed E-state index contributed by atoms with van der Waals surface area (Å²) in [5, 5.41) is 3.56. The minimum absolute atomic E-state index is 0.111. The number of hydrogen-bond donors (Lipinski definition) is 3. The van der Waals surface area contributed by atoms with Crippen molar-refractivity contribution in [2.45, 2.75) is 51.3 Å². The van der Waals surface area contributed by atoms with Gasteiger partial charge >= 0.3 is 11.6 Å². The lowest BCUT2D eigenvalue weighted by Crippen LogP contribution is -2.24. The summed E-state index contributed by atoms with van der Waals surface area (Å²) in [6, 6.07) is 30.1. The molecule has 3 N–H and O–H groups in total. The number of hydrogen-bond acceptors (Lipinski definition) is 9. The zero-order chi connectivity index (χ0) is 40.6. The van der Waals surface area contributed by atoms with Gasteiger partial charge in [-0.25, -0.2) is 0 Å². The van der Waals surface area contributed by atoms with Crippen LogP contribution in [0.25, 0.3) is 22.0 Å². The molecule has 0 saturated carbocycles. The van der Waals surface area contributed by atoms with E-state index in [1.165, 1.54) is 24.3 Å². The Balaban J connectivity index is 0.00000172. The summed E-state index contributed by atoms with van der Waals surface area (Å²) in [6.07, 6.45) is 0.954. The van der Waals surface area contributed by atoms with E-state index < -0.39 is 33.0 Å². The number of carbonyl (C=O) groups is 2. The van der Waals surface area contributed by atoms with Gasteiger partial charge in [-0.05, 0) is 64.8 Å². The lowest BCUT2D eigenvalue weighted by Gasteiger charge is -2.33. The van der Waals surface area contributed by atoms with Gasteiger partial charge in [0, 0.05) is 33.8 Å².